The molecule has 1 aromatic heterocycles. The summed E-state index contributed by atoms with van der Waals surface area (Å²) in [6.45, 7) is 4.33. The second-order valence-electron chi connectivity index (χ2n) is 3.51. The summed E-state index contributed by atoms with van der Waals surface area (Å²) in [4.78, 5) is 15.3. The van der Waals surface area contributed by atoms with E-state index in [0.29, 0.717) is 24.0 Å². The maximum Gasteiger partial charge on any atom is 0.315 e. The van der Waals surface area contributed by atoms with E-state index in [0.717, 1.165) is 25.1 Å². The third kappa shape index (κ3) is 5.72. The van der Waals surface area contributed by atoms with Crippen LogP contribution in [0.15, 0.2) is 4.52 Å². The molecule has 0 bridgehead atoms. The molecule has 0 saturated heterocycles. The SMILES string of the molecule is CCCCc1noc(CSCC(=O)OCC)n1. The molecular weight excluding hydrogens is 240 g/mol. The van der Waals surface area contributed by atoms with Crippen LogP contribution in [0.2, 0.25) is 0 Å². The van der Waals surface area contributed by atoms with Crippen molar-refractivity contribution in [2.75, 3.05) is 12.4 Å². The molecule has 6 heteroatoms. The van der Waals surface area contributed by atoms with Crippen LogP contribution < -0.4 is 0 Å². The number of hydrogen-bond acceptors (Lipinski definition) is 6. The second-order valence-corrected chi connectivity index (χ2v) is 4.49. The summed E-state index contributed by atoms with van der Waals surface area (Å²) in [6, 6.07) is 0. The van der Waals surface area contributed by atoms with Crippen molar-refractivity contribution in [2.45, 2.75) is 38.9 Å². The fourth-order valence-electron chi connectivity index (χ4n) is 1.21. The zero-order chi connectivity index (χ0) is 12.5. The first-order valence-electron chi connectivity index (χ1n) is 5.81. The molecule has 0 radical (unpaired) electrons. The average molecular weight is 258 g/mol. The van der Waals surface area contributed by atoms with Gasteiger partial charge in [0.15, 0.2) is 5.82 Å². The maximum atomic E-state index is 11.1. The predicted octanol–water partition coefficient (Wildman–Crippen LogP) is 2.21. The van der Waals surface area contributed by atoms with Crippen LogP contribution >= 0.6 is 11.8 Å². The molecule has 0 atom stereocenters. The molecule has 1 rings (SSSR count). The first-order chi connectivity index (χ1) is 8.26. The largest absolute Gasteiger partial charge is 0.465 e. The summed E-state index contributed by atoms with van der Waals surface area (Å²) in [5, 5.41) is 3.87. The van der Waals surface area contributed by atoms with Gasteiger partial charge in [0, 0.05) is 6.42 Å². The molecule has 96 valence electrons. The minimum Gasteiger partial charge on any atom is -0.465 e. The monoisotopic (exact) mass is 258 g/mol. The van der Waals surface area contributed by atoms with Gasteiger partial charge in [-0.2, -0.15) is 4.98 Å². The molecule has 0 aromatic carbocycles. The van der Waals surface area contributed by atoms with Crippen molar-refractivity contribution >= 4 is 17.7 Å². The number of hydrogen-bond donors (Lipinski definition) is 0. The fraction of sp³-hybridized carbons (Fsp3) is 0.727. The zero-order valence-electron chi connectivity index (χ0n) is 10.3. The summed E-state index contributed by atoms with van der Waals surface area (Å²) in [7, 11) is 0. The summed E-state index contributed by atoms with van der Waals surface area (Å²) >= 11 is 1.42. The van der Waals surface area contributed by atoms with E-state index in [-0.39, 0.29) is 5.97 Å². The lowest BCUT2D eigenvalue weighted by Crippen LogP contribution is -2.06. The maximum absolute atomic E-state index is 11.1. The zero-order valence-corrected chi connectivity index (χ0v) is 11.1. The van der Waals surface area contributed by atoms with E-state index < -0.39 is 0 Å². The van der Waals surface area contributed by atoms with Crippen molar-refractivity contribution < 1.29 is 14.1 Å². The van der Waals surface area contributed by atoms with Crippen LogP contribution in [-0.4, -0.2) is 28.5 Å². The van der Waals surface area contributed by atoms with Crippen LogP contribution in [0.5, 0.6) is 0 Å². The Bertz CT molecular complexity index is 341. The van der Waals surface area contributed by atoms with Crippen LogP contribution in [0.25, 0.3) is 0 Å². The first kappa shape index (κ1) is 14.0. The molecule has 17 heavy (non-hydrogen) atoms. The Hall–Kier alpha value is -1.04. The lowest BCUT2D eigenvalue weighted by Gasteiger charge is -1.98. The number of unbranched alkanes of at least 4 members (excludes halogenated alkanes) is 1. The highest BCUT2D eigenvalue weighted by Gasteiger charge is 2.08. The standard InChI is InChI=1S/C11H18N2O3S/c1-3-5-6-9-12-10(16-13-9)7-17-8-11(14)15-4-2/h3-8H2,1-2H3. The quantitative estimate of drug-likeness (QED) is 0.666. The van der Waals surface area contributed by atoms with Gasteiger partial charge >= 0.3 is 5.97 Å². The van der Waals surface area contributed by atoms with Crippen molar-refractivity contribution in [3.8, 4) is 0 Å². The van der Waals surface area contributed by atoms with E-state index in [1.807, 2.05) is 0 Å². The molecule has 1 aromatic rings. The lowest BCUT2D eigenvalue weighted by molar-refractivity contribution is -0.139. The van der Waals surface area contributed by atoms with Crippen molar-refractivity contribution in [2.24, 2.45) is 0 Å². The van der Waals surface area contributed by atoms with Crippen LogP contribution in [0.4, 0.5) is 0 Å². The summed E-state index contributed by atoms with van der Waals surface area (Å²) in [6.07, 6.45) is 3.03. The smallest absolute Gasteiger partial charge is 0.315 e. The molecule has 0 aliphatic carbocycles. The molecule has 0 aliphatic heterocycles. The highest BCUT2D eigenvalue weighted by Crippen LogP contribution is 2.11. The number of aromatic nitrogens is 2. The topological polar surface area (TPSA) is 65.2 Å². The van der Waals surface area contributed by atoms with Gasteiger partial charge in [0.05, 0.1) is 18.1 Å². The summed E-state index contributed by atoms with van der Waals surface area (Å²) < 4.78 is 9.88. The van der Waals surface area contributed by atoms with Crippen LogP contribution in [0.3, 0.4) is 0 Å². The van der Waals surface area contributed by atoms with Gasteiger partial charge in [-0.25, -0.2) is 0 Å². The molecule has 0 unspecified atom stereocenters. The van der Waals surface area contributed by atoms with Crippen molar-refractivity contribution in [1.29, 1.82) is 0 Å². The molecule has 0 N–H and O–H groups in total. The third-order valence-electron chi connectivity index (χ3n) is 2.01. The van der Waals surface area contributed by atoms with Crippen molar-refractivity contribution in [3.05, 3.63) is 11.7 Å². The first-order valence-corrected chi connectivity index (χ1v) is 6.96. The minimum absolute atomic E-state index is 0.205. The Morgan fingerprint density at radius 3 is 3.00 bits per heavy atom. The van der Waals surface area contributed by atoms with Crippen LogP contribution in [0, 0.1) is 0 Å². The Morgan fingerprint density at radius 1 is 1.47 bits per heavy atom. The van der Waals surface area contributed by atoms with Crippen LogP contribution in [-0.2, 0) is 21.7 Å². The number of rotatable bonds is 8. The average Bonchev–Trinajstić information content (AvgIpc) is 2.75. The molecule has 0 aliphatic rings. The van der Waals surface area contributed by atoms with Crippen molar-refractivity contribution in [3.63, 3.8) is 0 Å². The molecule has 0 amide bonds. The molecule has 5 nitrogen and oxygen atoms in total. The number of nitrogens with zero attached hydrogens (tertiary/aromatic N) is 2. The number of esters is 1. The number of aryl methyl sites for hydroxylation is 1. The predicted molar refractivity (Wildman–Crippen MR) is 65.7 cm³/mol. The van der Waals surface area contributed by atoms with Gasteiger partial charge in [-0.3, -0.25) is 4.79 Å². The van der Waals surface area contributed by atoms with E-state index in [1.165, 1.54) is 11.8 Å². The highest BCUT2D eigenvalue weighted by molar-refractivity contribution is 7.99. The fourth-order valence-corrected chi connectivity index (χ4v) is 1.85. The summed E-state index contributed by atoms with van der Waals surface area (Å²) in [5.41, 5.74) is 0. The highest BCUT2D eigenvalue weighted by atomic mass is 32.2. The molecule has 0 spiro atoms. The van der Waals surface area contributed by atoms with E-state index in [1.54, 1.807) is 6.92 Å². The van der Waals surface area contributed by atoms with Gasteiger partial charge in [-0.05, 0) is 13.3 Å². The third-order valence-corrected chi connectivity index (χ3v) is 2.91. The van der Waals surface area contributed by atoms with Gasteiger partial charge in [0.25, 0.3) is 0 Å². The van der Waals surface area contributed by atoms with E-state index >= 15 is 0 Å². The Morgan fingerprint density at radius 2 is 2.29 bits per heavy atom. The number of thioether (sulfide) groups is 1. The number of ether oxygens (including phenoxy) is 1. The van der Waals surface area contributed by atoms with Gasteiger partial charge in [-0.1, -0.05) is 18.5 Å². The molecular formula is C11H18N2O3S. The van der Waals surface area contributed by atoms with Gasteiger partial charge < -0.3 is 9.26 Å². The normalized spacial score (nSPS) is 10.5. The van der Waals surface area contributed by atoms with Gasteiger partial charge in [-0.15, -0.1) is 11.8 Å². The van der Waals surface area contributed by atoms with E-state index in [4.69, 9.17) is 9.26 Å². The minimum atomic E-state index is -0.205. The number of carbonyl (C=O) groups excluding carboxylic acids is 1. The molecule has 0 saturated carbocycles. The lowest BCUT2D eigenvalue weighted by atomic mass is 10.2. The number of carbonyl (C=O) groups is 1. The molecule has 1 heterocycles. The Balaban J connectivity index is 2.22. The van der Waals surface area contributed by atoms with Crippen LogP contribution in [0.1, 0.15) is 38.4 Å². The van der Waals surface area contributed by atoms with E-state index in [2.05, 4.69) is 17.1 Å². The second kappa shape index (κ2) is 8.11. The van der Waals surface area contributed by atoms with Crippen molar-refractivity contribution in [1.82, 2.24) is 10.1 Å². The van der Waals surface area contributed by atoms with E-state index in [9.17, 15) is 4.79 Å². The summed E-state index contributed by atoms with van der Waals surface area (Å²) in [5.74, 6) is 1.99. The Kier molecular flexibility index (Phi) is 6.69. The Labute approximate surface area is 105 Å². The molecule has 0 fully saturated rings. The van der Waals surface area contributed by atoms with Gasteiger partial charge in [0.1, 0.15) is 0 Å². The van der Waals surface area contributed by atoms with Gasteiger partial charge in [0.2, 0.25) is 5.89 Å².